The van der Waals surface area contributed by atoms with E-state index in [1.165, 1.54) is 0 Å². The minimum absolute atomic E-state index is 0.438. The number of ketones is 1. The van der Waals surface area contributed by atoms with Crippen LogP contribution in [-0.4, -0.2) is 16.9 Å². The minimum atomic E-state index is -1.16. The smallest absolute Gasteiger partial charge is 0.310 e. The van der Waals surface area contributed by atoms with Crippen LogP contribution in [0.25, 0.3) is 0 Å². The van der Waals surface area contributed by atoms with Crippen LogP contribution in [0.4, 0.5) is 0 Å². The summed E-state index contributed by atoms with van der Waals surface area (Å²) in [7, 11) is 0. The summed E-state index contributed by atoms with van der Waals surface area (Å²) < 4.78 is 6.39. The number of hydrogen-bond acceptors (Lipinski definition) is 2. The number of carbonyl (C=O) groups excluding carboxylic acids is 1. The maximum Gasteiger partial charge on any atom is 0.310 e. The quantitative estimate of drug-likeness (QED) is 0.502. The lowest BCUT2D eigenvalue weighted by atomic mass is 10.3. The van der Waals surface area contributed by atoms with E-state index < -0.39 is 25.1 Å². The van der Waals surface area contributed by atoms with E-state index in [1.807, 2.05) is 0 Å². The Balaban J connectivity index is 3.40. The molecule has 0 amide bonds. The number of carbonyl (C=O) groups is 2. The largest absolute Gasteiger partial charge is 0.481 e. The van der Waals surface area contributed by atoms with E-state index in [-0.39, 0.29) is 0 Å². The molecule has 0 fully saturated rings. The van der Waals surface area contributed by atoms with E-state index in [4.69, 9.17) is 6.48 Å². The van der Waals surface area contributed by atoms with Gasteiger partial charge < -0.3 is 5.11 Å². The fraction of sp³-hybridized carbons (Fsp3) is 0.500. The van der Waals surface area contributed by atoms with Crippen molar-refractivity contribution in [2.45, 2.75) is 13.3 Å². The second kappa shape index (κ2) is 2.34. The minimum Gasteiger partial charge on any atom is -0.481 e. The molecule has 0 aromatic heterocycles. The molecule has 0 spiro atoms. The molecule has 0 unspecified atom stereocenters. The van der Waals surface area contributed by atoms with Crippen molar-refractivity contribution in [2.75, 3.05) is 0 Å². The van der Waals surface area contributed by atoms with Gasteiger partial charge in [0.15, 0.2) is 0 Å². The molecule has 0 saturated carbocycles. The van der Waals surface area contributed by atoms with Gasteiger partial charge in [0.25, 0.3) is 0 Å². The molecule has 0 radical (unpaired) electrons. The molecule has 3 nitrogen and oxygen atoms in total. The standard InChI is InChI=1S/C4H6O3/c1-3(5)2-4(6)7/h2H2,1H3,(H,6,7)/i1D. The molecule has 0 heterocycles. The molecule has 0 aliphatic rings. The van der Waals surface area contributed by atoms with Crippen LogP contribution in [0.2, 0.25) is 0 Å². The van der Waals surface area contributed by atoms with Crippen LogP contribution in [-0.2, 0) is 9.59 Å². The van der Waals surface area contributed by atoms with Crippen LogP contribution < -0.4 is 0 Å². The van der Waals surface area contributed by atoms with E-state index in [9.17, 15) is 9.59 Å². The Morgan fingerprint density at radius 3 is 2.57 bits per heavy atom. The Labute approximate surface area is 42.4 Å². The fourth-order valence-electron chi connectivity index (χ4n) is 0.169. The highest BCUT2D eigenvalue weighted by Gasteiger charge is 1.98. The third-order valence-electron chi connectivity index (χ3n) is 0.348. The molecule has 0 aromatic rings. The Kier molecular flexibility index (Phi) is 1.44. The number of Topliss-reactive ketones (excluding diaryl/α,β-unsaturated/α-hetero) is 1. The van der Waals surface area contributed by atoms with Gasteiger partial charge in [0, 0.05) is 1.37 Å². The molecule has 40 valence electrons. The third-order valence-corrected chi connectivity index (χ3v) is 0.348. The van der Waals surface area contributed by atoms with E-state index in [0.29, 0.717) is 0 Å². The van der Waals surface area contributed by atoms with Gasteiger partial charge in [0.2, 0.25) is 0 Å². The highest BCUT2D eigenvalue weighted by atomic mass is 16.4. The van der Waals surface area contributed by atoms with Crippen molar-refractivity contribution in [3.8, 4) is 0 Å². The van der Waals surface area contributed by atoms with Gasteiger partial charge in [-0.25, -0.2) is 0 Å². The van der Waals surface area contributed by atoms with Crippen LogP contribution in [0.1, 0.15) is 14.7 Å². The summed E-state index contributed by atoms with van der Waals surface area (Å²) in [6, 6.07) is 0. The summed E-state index contributed by atoms with van der Waals surface area (Å²) in [6.45, 7) is -0.438. The first-order valence-corrected chi connectivity index (χ1v) is 1.69. The van der Waals surface area contributed by atoms with Crippen molar-refractivity contribution in [2.24, 2.45) is 0 Å². The number of aliphatic carboxylic acids is 1. The van der Waals surface area contributed by atoms with E-state index in [0.717, 1.165) is 0 Å². The zero-order chi connectivity index (χ0) is 6.57. The fourth-order valence-corrected chi connectivity index (χ4v) is 0.169. The molecule has 0 aromatic carbocycles. The van der Waals surface area contributed by atoms with Crippen LogP contribution in [0.3, 0.4) is 0 Å². The summed E-state index contributed by atoms with van der Waals surface area (Å²) in [5.74, 6) is -1.72. The molecule has 1 N–H and O–H groups in total. The molecular weight excluding hydrogens is 96.0 g/mol. The second-order valence-electron chi connectivity index (χ2n) is 1.11. The van der Waals surface area contributed by atoms with Gasteiger partial charge in [-0.2, -0.15) is 0 Å². The summed E-state index contributed by atoms with van der Waals surface area (Å²) in [5.41, 5.74) is 0. The monoisotopic (exact) mass is 103 g/mol. The Hall–Kier alpha value is -0.860. The van der Waals surface area contributed by atoms with Gasteiger partial charge in [-0.1, -0.05) is 0 Å². The van der Waals surface area contributed by atoms with E-state index in [2.05, 4.69) is 0 Å². The lowest BCUT2D eigenvalue weighted by Gasteiger charge is -1.80. The van der Waals surface area contributed by atoms with Gasteiger partial charge in [-0.05, 0) is 6.90 Å². The van der Waals surface area contributed by atoms with Crippen molar-refractivity contribution in [3.63, 3.8) is 0 Å². The van der Waals surface area contributed by atoms with Gasteiger partial charge in [0.05, 0.1) is 0 Å². The molecule has 0 aliphatic heterocycles. The van der Waals surface area contributed by atoms with Crippen molar-refractivity contribution < 1.29 is 16.1 Å². The molecule has 0 saturated heterocycles. The summed E-state index contributed by atoms with van der Waals surface area (Å²) in [5, 5.41) is 7.91. The molecule has 0 bridgehead atoms. The van der Waals surface area contributed by atoms with Crippen molar-refractivity contribution >= 4 is 11.8 Å². The van der Waals surface area contributed by atoms with E-state index in [1.54, 1.807) is 0 Å². The van der Waals surface area contributed by atoms with Crippen molar-refractivity contribution in [1.82, 2.24) is 0 Å². The lowest BCUT2D eigenvalue weighted by molar-refractivity contribution is -0.139. The number of carboxylic acids is 1. The molecule has 0 aliphatic carbocycles. The first-order valence-electron chi connectivity index (χ1n) is 2.40. The number of carboxylic acid groups (broad SMARTS) is 1. The summed E-state index contributed by atoms with van der Waals surface area (Å²) >= 11 is 0. The lowest BCUT2D eigenvalue weighted by Crippen LogP contribution is -2.00. The number of hydrogen-bond donors (Lipinski definition) is 1. The third kappa shape index (κ3) is 5.14. The van der Waals surface area contributed by atoms with Gasteiger partial charge >= 0.3 is 5.97 Å². The first kappa shape index (κ1) is 4.30. The van der Waals surface area contributed by atoms with Crippen molar-refractivity contribution in [1.29, 1.82) is 0 Å². The molecule has 0 atom stereocenters. The van der Waals surface area contributed by atoms with Crippen LogP contribution >= 0.6 is 0 Å². The predicted octanol–water partition coefficient (Wildman–Crippen LogP) is 0.0501. The summed E-state index contributed by atoms with van der Waals surface area (Å²) in [6.07, 6.45) is -0.524. The highest BCUT2D eigenvalue weighted by Crippen LogP contribution is 1.77. The van der Waals surface area contributed by atoms with Gasteiger partial charge in [-0.3, -0.25) is 9.59 Å². The SMILES string of the molecule is [2H]CC(=O)CC(=O)O. The summed E-state index contributed by atoms with van der Waals surface area (Å²) in [4.78, 5) is 19.7. The van der Waals surface area contributed by atoms with E-state index >= 15 is 0 Å². The average Bonchev–Trinajstić information content (AvgIpc) is 1.65. The molecule has 7 heavy (non-hydrogen) atoms. The first-order chi connectivity index (χ1) is 3.66. The van der Waals surface area contributed by atoms with Crippen LogP contribution in [0.5, 0.6) is 0 Å². The highest BCUT2D eigenvalue weighted by molar-refractivity contribution is 5.93. The Bertz CT molecular complexity index is 110. The maximum atomic E-state index is 10.1. The van der Waals surface area contributed by atoms with Gasteiger partial charge in [0.1, 0.15) is 12.2 Å². The van der Waals surface area contributed by atoms with Gasteiger partial charge in [-0.15, -0.1) is 0 Å². The predicted molar refractivity (Wildman–Crippen MR) is 22.9 cm³/mol. The van der Waals surface area contributed by atoms with Crippen LogP contribution in [0, 0.1) is 0 Å². The molecular formula is C4H6O3. The molecule has 0 rings (SSSR count). The zero-order valence-electron chi connectivity index (χ0n) is 4.68. The maximum absolute atomic E-state index is 10.1. The normalized spacial score (nSPS) is 10.0. The Morgan fingerprint density at radius 2 is 2.43 bits per heavy atom. The second-order valence-corrected chi connectivity index (χ2v) is 1.11. The van der Waals surface area contributed by atoms with Crippen molar-refractivity contribution in [3.05, 3.63) is 0 Å². The molecule has 3 heteroatoms. The average molecular weight is 103 g/mol. The van der Waals surface area contributed by atoms with Crippen LogP contribution in [0.15, 0.2) is 0 Å². The topological polar surface area (TPSA) is 54.4 Å². The number of rotatable bonds is 2. The zero-order valence-corrected chi connectivity index (χ0v) is 3.68. The Morgan fingerprint density at radius 1 is 1.86 bits per heavy atom.